The molecule has 0 saturated heterocycles. The lowest BCUT2D eigenvalue weighted by atomic mass is 10.0. The minimum atomic E-state index is -0.394. The van der Waals surface area contributed by atoms with Crippen LogP contribution in [0.25, 0.3) is 0 Å². The van der Waals surface area contributed by atoms with Crippen molar-refractivity contribution in [2.75, 3.05) is 6.54 Å². The molecular weight excluding hydrogens is 236 g/mol. The zero-order chi connectivity index (χ0) is 13.5. The molecule has 3 heteroatoms. The molecule has 0 aliphatic carbocycles. The fraction of sp³-hybridized carbons (Fsp3) is 0.125. The first-order chi connectivity index (χ1) is 9.27. The van der Waals surface area contributed by atoms with Crippen molar-refractivity contribution in [2.24, 2.45) is 5.73 Å². The summed E-state index contributed by atoms with van der Waals surface area (Å²) in [6, 6.07) is 17.5. The Morgan fingerprint density at radius 2 is 1.74 bits per heavy atom. The van der Waals surface area contributed by atoms with Crippen molar-refractivity contribution in [3.63, 3.8) is 0 Å². The van der Waals surface area contributed by atoms with E-state index in [1.807, 2.05) is 42.8 Å². The molecule has 0 aliphatic heterocycles. The topological polar surface area (TPSA) is 55.1 Å². The van der Waals surface area contributed by atoms with Crippen LogP contribution < -0.4 is 11.1 Å². The Hall–Kier alpha value is -2.13. The smallest absolute Gasteiger partial charge is 0.248 e. The molecule has 0 atom stereocenters. The summed E-state index contributed by atoms with van der Waals surface area (Å²) in [5.74, 6) is -0.394. The summed E-state index contributed by atoms with van der Waals surface area (Å²) in [5, 5.41) is 3.31. The summed E-state index contributed by atoms with van der Waals surface area (Å²) in [7, 11) is 0. The van der Waals surface area contributed by atoms with E-state index in [2.05, 4.69) is 17.4 Å². The third-order valence-corrected chi connectivity index (χ3v) is 2.86. The number of nitrogens with one attached hydrogen (secondary N) is 1. The molecule has 2 rings (SSSR count). The first-order valence-corrected chi connectivity index (χ1v) is 6.24. The van der Waals surface area contributed by atoms with Crippen LogP contribution in [0, 0.1) is 6.42 Å². The predicted molar refractivity (Wildman–Crippen MR) is 76.5 cm³/mol. The number of primary amides is 1. The molecule has 2 aromatic rings. The van der Waals surface area contributed by atoms with E-state index in [-0.39, 0.29) is 0 Å². The fourth-order valence-electron chi connectivity index (χ4n) is 1.89. The van der Waals surface area contributed by atoms with Gasteiger partial charge in [0.2, 0.25) is 5.91 Å². The van der Waals surface area contributed by atoms with Gasteiger partial charge in [-0.3, -0.25) is 4.79 Å². The van der Waals surface area contributed by atoms with Gasteiger partial charge in [0.15, 0.2) is 0 Å². The molecular formula is C16H17N2O. The highest BCUT2D eigenvalue weighted by atomic mass is 16.1. The number of amides is 1. The molecule has 0 aliphatic rings. The molecule has 1 radical (unpaired) electrons. The van der Waals surface area contributed by atoms with Gasteiger partial charge in [-0.2, -0.15) is 0 Å². The maximum absolute atomic E-state index is 11.3. The molecule has 0 unspecified atom stereocenters. The van der Waals surface area contributed by atoms with Crippen LogP contribution in [0.5, 0.6) is 0 Å². The average molecular weight is 253 g/mol. The SMILES string of the molecule is NC(=O)c1ccccc1[CH]CNCc1ccccc1. The highest BCUT2D eigenvalue weighted by molar-refractivity contribution is 5.94. The molecule has 0 bridgehead atoms. The number of nitrogens with two attached hydrogens (primary N) is 1. The van der Waals surface area contributed by atoms with Gasteiger partial charge in [0, 0.05) is 25.1 Å². The summed E-state index contributed by atoms with van der Waals surface area (Å²) < 4.78 is 0. The minimum Gasteiger partial charge on any atom is -0.366 e. The molecule has 2 aromatic carbocycles. The average Bonchev–Trinajstić information content (AvgIpc) is 2.45. The zero-order valence-corrected chi connectivity index (χ0v) is 10.7. The first kappa shape index (κ1) is 13.3. The maximum atomic E-state index is 11.3. The molecule has 19 heavy (non-hydrogen) atoms. The van der Waals surface area contributed by atoms with Crippen LogP contribution in [-0.4, -0.2) is 12.5 Å². The number of hydrogen-bond donors (Lipinski definition) is 2. The lowest BCUT2D eigenvalue weighted by Gasteiger charge is -2.07. The quantitative estimate of drug-likeness (QED) is 0.775. The fourth-order valence-corrected chi connectivity index (χ4v) is 1.89. The van der Waals surface area contributed by atoms with Crippen LogP contribution in [0.1, 0.15) is 21.5 Å². The van der Waals surface area contributed by atoms with Gasteiger partial charge in [-0.05, 0) is 17.2 Å². The highest BCUT2D eigenvalue weighted by Gasteiger charge is 2.06. The third kappa shape index (κ3) is 3.93. The van der Waals surface area contributed by atoms with Crippen LogP contribution in [0.3, 0.4) is 0 Å². The number of rotatable bonds is 6. The van der Waals surface area contributed by atoms with Crippen molar-refractivity contribution in [3.8, 4) is 0 Å². The molecule has 0 aromatic heterocycles. The normalized spacial score (nSPS) is 10.3. The van der Waals surface area contributed by atoms with Gasteiger partial charge in [0.25, 0.3) is 0 Å². The van der Waals surface area contributed by atoms with E-state index in [4.69, 9.17) is 5.73 Å². The lowest BCUT2D eigenvalue weighted by molar-refractivity contribution is 0.1000. The van der Waals surface area contributed by atoms with Gasteiger partial charge in [0.1, 0.15) is 0 Å². The van der Waals surface area contributed by atoms with Crippen LogP contribution in [0.15, 0.2) is 54.6 Å². The Balaban J connectivity index is 1.85. The maximum Gasteiger partial charge on any atom is 0.248 e. The van der Waals surface area contributed by atoms with Crippen LogP contribution in [0.4, 0.5) is 0 Å². The standard InChI is InChI=1S/C16H17N2O/c17-16(19)15-9-5-4-8-14(15)10-11-18-12-13-6-2-1-3-7-13/h1-10,18H,11-12H2,(H2,17,19). The molecule has 0 fully saturated rings. The number of carbonyl (C=O) groups excluding carboxylic acids is 1. The Kier molecular flexibility index (Phi) is 4.70. The second kappa shape index (κ2) is 6.71. The van der Waals surface area contributed by atoms with E-state index in [0.29, 0.717) is 12.1 Å². The predicted octanol–water partition coefficient (Wildman–Crippen LogP) is 2.13. The van der Waals surface area contributed by atoms with Crippen molar-refractivity contribution < 1.29 is 4.79 Å². The van der Waals surface area contributed by atoms with Crippen molar-refractivity contribution in [1.82, 2.24) is 5.32 Å². The van der Waals surface area contributed by atoms with Gasteiger partial charge < -0.3 is 11.1 Å². The van der Waals surface area contributed by atoms with Gasteiger partial charge in [-0.15, -0.1) is 0 Å². The Morgan fingerprint density at radius 3 is 2.47 bits per heavy atom. The van der Waals surface area contributed by atoms with E-state index < -0.39 is 5.91 Å². The Morgan fingerprint density at radius 1 is 1.05 bits per heavy atom. The van der Waals surface area contributed by atoms with Gasteiger partial charge >= 0.3 is 0 Å². The largest absolute Gasteiger partial charge is 0.366 e. The van der Waals surface area contributed by atoms with Crippen LogP contribution >= 0.6 is 0 Å². The van der Waals surface area contributed by atoms with E-state index in [1.165, 1.54) is 5.56 Å². The van der Waals surface area contributed by atoms with Crippen LogP contribution in [0.2, 0.25) is 0 Å². The summed E-state index contributed by atoms with van der Waals surface area (Å²) in [6.45, 7) is 1.50. The molecule has 1 amide bonds. The van der Waals surface area contributed by atoms with E-state index >= 15 is 0 Å². The second-order valence-electron chi connectivity index (χ2n) is 4.27. The summed E-state index contributed by atoms with van der Waals surface area (Å²) in [5.41, 5.74) is 8.00. The third-order valence-electron chi connectivity index (χ3n) is 2.86. The summed E-state index contributed by atoms with van der Waals surface area (Å²) >= 11 is 0. The molecule has 0 spiro atoms. The Bertz CT molecular complexity index is 537. The van der Waals surface area contributed by atoms with Crippen molar-refractivity contribution in [2.45, 2.75) is 6.54 Å². The monoisotopic (exact) mass is 253 g/mol. The number of carbonyl (C=O) groups is 1. The minimum absolute atomic E-state index is 0.394. The molecule has 0 heterocycles. The van der Waals surface area contributed by atoms with E-state index in [1.54, 1.807) is 6.07 Å². The second-order valence-corrected chi connectivity index (χ2v) is 4.27. The van der Waals surface area contributed by atoms with Crippen molar-refractivity contribution >= 4 is 5.91 Å². The number of hydrogen-bond acceptors (Lipinski definition) is 2. The lowest BCUT2D eigenvalue weighted by Crippen LogP contribution is -2.18. The summed E-state index contributed by atoms with van der Waals surface area (Å²) in [6.07, 6.45) is 1.98. The van der Waals surface area contributed by atoms with Gasteiger partial charge in [0.05, 0.1) is 0 Å². The van der Waals surface area contributed by atoms with Crippen molar-refractivity contribution in [3.05, 3.63) is 77.7 Å². The molecule has 97 valence electrons. The molecule has 3 N–H and O–H groups in total. The van der Waals surface area contributed by atoms with Gasteiger partial charge in [-0.1, -0.05) is 48.5 Å². The van der Waals surface area contributed by atoms with Crippen LogP contribution in [-0.2, 0) is 6.54 Å². The highest BCUT2D eigenvalue weighted by Crippen LogP contribution is 2.09. The molecule has 0 saturated carbocycles. The summed E-state index contributed by atoms with van der Waals surface area (Å²) in [4.78, 5) is 11.3. The molecule has 3 nitrogen and oxygen atoms in total. The first-order valence-electron chi connectivity index (χ1n) is 6.24. The zero-order valence-electron chi connectivity index (χ0n) is 10.7. The van der Waals surface area contributed by atoms with Gasteiger partial charge in [-0.25, -0.2) is 0 Å². The van der Waals surface area contributed by atoms with Crippen molar-refractivity contribution in [1.29, 1.82) is 0 Å². The van der Waals surface area contributed by atoms with E-state index in [9.17, 15) is 4.79 Å². The van der Waals surface area contributed by atoms with E-state index in [0.717, 1.165) is 12.1 Å². The Labute approximate surface area is 113 Å². The number of benzene rings is 2.